The number of aryl methyl sites for hydroxylation is 1. The van der Waals surface area contributed by atoms with Crippen LogP contribution in [-0.2, 0) is 10.0 Å². The van der Waals surface area contributed by atoms with E-state index in [2.05, 4.69) is 15.0 Å². The average molecular weight is 542 g/mol. The number of thiazole rings is 1. The molecule has 0 saturated heterocycles. The lowest BCUT2D eigenvalue weighted by atomic mass is 9.89. The van der Waals surface area contributed by atoms with Crippen molar-refractivity contribution in [2.75, 3.05) is 23.7 Å². The number of ether oxygens (including phenoxy) is 1. The van der Waals surface area contributed by atoms with E-state index in [4.69, 9.17) is 16.3 Å². The van der Waals surface area contributed by atoms with E-state index in [0.29, 0.717) is 11.5 Å². The highest BCUT2D eigenvalue weighted by Gasteiger charge is 2.23. The number of hydrogen-bond donors (Lipinski definition) is 2. The van der Waals surface area contributed by atoms with Gasteiger partial charge in [0.2, 0.25) is 0 Å². The Hall–Kier alpha value is -2.43. The molecule has 0 atom stereocenters. The van der Waals surface area contributed by atoms with Gasteiger partial charge in [0.1, 0.15) is 27.3 Å². The molecular formula is C24H26ClF2N3O3S2. The summed E-state index contributed by atoms with van der Waals surface area (Å²) in [7, 11) is -2.90. The molecule has 1 fully saturated rings. The van der Waals surface area contributed by atoms with Gasteiger partial charge in [-0.15, -0.1) is 0 Å². The van der Waals surface area contributed by atoms with Gasteiger partial charge in [-0.3, -0.25) is 4.72 Å². The van der Waals surface area contributed by atoms with Gasteiger partial charge in [0.15, 0.2) is 5.13 Å². The van der Waals surface area contributed by atoms with Gasteiger partial charge in [-0.1, -0.05) is 42.2 Å². The minimum atomic E-state index is -4.25. The molecule has 2 aromatic carbocycles. The van der Waals surface area contributed by atoms with E-state index in [1.165, 1.54) is 56.6 Å². The molecule has 1 aliphatic rings. The Morgan fingerprint density at radius 2 is 1.83 bits per heavy atom. The van der Waals surface area contributed by atoms with Gasteiger partial charge in [0, 0.05) is 6.54 Å². The molecule has 6 nitrogen and oxygen atoms in total. The third-order valence-electron chi connectivity index (χ3n) is 6.01. The van der Waals surface area contributed by atoms with Crippen LogP contribution in [0.15, 0.2) is 35.2 Å². The minimum Gasteiger partial charge on any atom is -0.495 e. The lowest BCUT2D eigenvalue weighted by Crippen LogP contribution is -2.16. The molecule has 3 aromatic rings. The fraction of sp³-hybridized carbons (Fsp3) is 0.375. The van der Waals surface area contributed by atoms with Crippen LogP contribution in [0.3, 0.4) is 0 Å². The van der Waals surface area contributed by atoms with Crippen molar-refractivity contribution in [3.8, 4) is 16.2 Å². The van der Waals surface area contributed by atoms with Crippen molar-refractivity contribution >= 4 is 43.8 Å². The number of sulfonamides is 1. The fourth-order valence-electron chi connectivity index (χ4n) is 4.22. The van der Waals surface area contributed by atoms with E-state index in [9.17, 15) is 17.2 Å². The molecule has 0 radical (unpaired) electrons. The number of benzene rings is 2. The van der Waals surface area contributed by atoms with Gasteiger partial charge < -0.3 is 10.1 Å². The van der Waals surface area contributed by atoms with Crippen LogP contribution in [0, 0.1) is 24.5 Å². The highest BCUT2D eigenvalue weighted by Crippen LogP contribution is 2.37. The maximum absolute atomic E-state index is 13.8. The Kier molecular flexibility index (Phi) is 7.83. The van der Waals surface area contributed by atoms with Crippen molar-refractivity contribution in [3.05, 3.63) is 52.7 Å². The van der Waals surface area contributed by atoms with Crippen molar-refractivity contribution in [2.45, 2.75) is 43.9 Å². The molecule has 0 spiro atoms. The summed E-state index contributed by atoms with van der Waals surface area (Å²) < 4.78 is 61.4. The zero-order chi connectivity index (χ0) is 25.2. The minimum absolute atomic E-state index is 0.0916. The van der Waals surface area contributed by atoms with Gasteiger partial charge in [-0.2, -0.15) is 0 Å². The molecule has 35 heavy (non-hydrogen) atoms. The average Bonchev–Trinajstić information content (AvgIpc) is 3.21. The molecule has 1 heterocycles. The van der Waals surface area contributed by atoms with E-state index >= 15 is 0 Å². The first-order chi connectivity index (χ1) is 16.7. The summed E-state index contributed by atoms with van der Waals surface area (Å²) in [4.78, 5) is 5.27. The number of nitrogens with zero attached hydrogens (tertiary/aromatic N) is 1. The molecule has 0 aliphatic heterocycles. The van der Waals surface area contributed by atoms with Crippen molar-refractivity contribution in [1.82, 2.24) is 4.98 Å². The molecule has 2 N–H and O–H groups in total. The van der Waals surface area contributed by atoms with E-state index < -0.39 is 26.7 Å². The van der Waals surface area contributed by atoms with Crippen molar-refractivity contribution in [3.63, 3.8) is 0 Å². The standard InChI is InChI=1S/C24H26ClF2N3O3S2/c1-14-23(34-24(29-14)28-13-15-6-4-3-5-7-15)16-8-9-20(33-2)21(10-16)35(31,32)30-17-11-18(26)22(25)19(27)12-17/h8-12,15,30H,3-7,13H2,1-2H3,(H,28,29). The van der Waals surface area contributed by atoms with Crippen LogP contribution in [0.2, 0.25) is 5.02 Å². The zero-order valence-corrected chi connectivity index (χ0v) is 21.7. The first-order valence-corrected chi connectivity index (χ1v) is 13.9. The smallest absolute Gasteiger partial charge is 0.265 e. The van der Waals surface area contributed by atoms with E-state index in [0.717, 1.165) is 34.4 Å². The van der Waals surface area contributed by atoms with Crippen molar-refractivity contribution < 1.29 is 21.9 Å². The van der Waals surface area contributed by atoms with E-state index in [1.807, 2.05) is 6.92 Å². The van der Waals surface area contributed by atoms with Crippen LogP contribution in [0.5, 0.6) is 5.75 Å². The van der Waals surface area contributed by atoms with Gasteiger partial charge in [-0.05, 0) is 61.6 Å². The van der Waals surface area contributed by atoms with Crippen LogP contribution in [-0.4, -0.2) is 27.1 Å². The monoisotopic (exact) mass is 541 g/mol. The van der Waals surface area contributed by atoms with Crippen LogP contribution in [0.1, 0.15) is 37.8 Å². The second-order valence-corrected chi connectivity index (χ2v) is 11.6. The fourth-order valence-corrected chi connectivity index (χ4v) is 6.53. The van der Waals surface area contributed by atoms with Gasteiger partial charge >= 0.3 is 0 Å². The van der Waals surface area contributed by atoms with Gasteiger partial charge in [0.05, 0.1) is 23.4 Å². The Balaban J connectivity index is 1.61. The highest BCUT2D eigenvalue weighted by atomic mass is 35.5. The Morgan fingerprint density at radius 3 is 2.49 bits per heavy atom. The number of hydrogen-bond acceptors (Lipinski definition) is 6. The van der Waals surface area contributed by atoms with Crippen molar-refractivity contribution in [2.24, 2.45) is 5.92 Å². The molecule has 188 valence electrons. The number of halogens is 3. The highest BCUT2D eigenvalue weighted by molar-refractivity contribution is 7.92. The largest absolute Gasteiger partial charge is 0.495 e. The van der Waals surface area contributed by atoms with E-state index in [1.54, 1.807) is 12.1 Å². The number of nitrogens with one attached hydrogen (secondary N) is 2. The maximum atomic E-state index is 13.8. The van der Waals surface area contributed by atoms with Crippen LogP contribution >= 0.6 is 22.9 Å². The summed E-state index contributed by atoms with van der Waals surface area (Å²) in [5, 5.41) is 3.51. The lowest BCUT2D eigenvalue weighted by molar-refractivity contribution is 0.373. The molecule has 1 aromatic heterocycles. The summed E-state index contributed by atoms with van der Waals surface area (Å²) in [5.74, 6) is -1.41. The van der Waals surface area contributed by atoms with Crippen LogP contribution in [0.4, 0.5) is 19.6 Å². The quantitative estimate of drug-likeness (QED) is 0.305. The summed E-state index contributed by atoms with van der Waals surface area (Å²) in [5.41, 5.74) is 1.12. The second-order valence-electron chi connectivity index (χ2n) is 8.54. The number of rotatable bonds is 8. The van der Waals surface area contributed by atoms with Crippen molar-refractivity contribution in [1.29, 1.82) is 0 Å². The normalized spacial score (nSPS) is 14.7. The molecule has 0 amide bonds. The number of methoxy groups -OCH3 is 1. The third-order valence-corrected chi connectivity index (χ3v) is 8.94. The molecule has 11 heteroatoms. The van der Waals surface area contributed by atoms with Gasteiger partial charge in [0.25, 0.3) is 10.0 Å². The number of anilines is 2. The Morgan fingerprint density at radius 1 is 1.14 bits per heavy atom. The summed E-state index contributed by atoms with van der Waals surface area (Å²) in [6.45, 7) is 2.74. The molecule has 0 bridgehead atoms. The SMILES string of the molecule is COc1ccc(-c2sc(NCC3CCCCC3)nc2C)cc1S(=O)(=O)Nc1cc(F)c(Cl)c(F)c1. The second kappa shape index (κ2) is 10.7. The zero-order valence-electron chi connectivity index (χ0n) is 19.3. The predicted octanol–water partition coefficient (Wildman–Crippen LogP) is 6.85. The summed E-state index contributed by atoms with van der Waals surface area (Å²) in [6, 6.07) is 6.40. The predicted molar refractivity (Wildman–Crippen MR) is 136 cm³/mol. The first kappa shape index (κ1) is 25.7. The van der Waals surface area contributed by atoms with Crippen LogP contribution < -0.4 is 14.8 Å². The molecule has 1 aliphatic carbocycles. The molecule has 1 saturated carbocycles. The topological polar surface area (TPSA) is 80.3 Å². The first-order valence-electron chi connectivity index (χ1n) is 11.2. The lowest BCUT2D eigenvalue weighted by Gasteiger charge is -2.21. The summed E-state index contributed by atoms with van der Waals surface area (Å²) >= 11 is 6.95. The Labute approximate surface area is 212 Å². The molecule has 4 rings (SSSR count). The van der Waals surface area contributed by atoms with Gasteiger partial charge in [-0.25, -0.2) is 22.2 Å². The van der Waals surface area contributed by atoms with E-state index in [-0.39, 0.29) is 16.3 Å². The maximum Gasteiger partial charge on any atom is 0.265 e. The molecular weight excluding hydrogens is 516 g/mol. The Bertz CT molecular complexity index is 1300. The summed E-state index contributed by atoms with van der Waals surface area (Å²) in [6.07, 6.45) is 6.27. The third kappa shape index (κ3) is 5.87. The number of aromatic nitrogens is 1. The molecule has 0 unspecified atom stereocenters. The van der Waals surface area contributed by atoms with Crippen LogP contribution in [0.25, 0.3) is 10.4 Å².